The number of hydrogen-bond donors (Lipinski definition) is 1. The molecule has 4 aromatic rings. The molecule has 0 aliphatic carbocycles. The van der Waals surface area contributed by atoms with Gasteiger partial charge in [0.2, 0.25) is 0 Å². The van der Waals surface area contributed by atoms with Crippen molar-refractivity contribution in [3.63, 3.8) is 0 Å². The van der Waals surface area contributed by atoms with Gasteiger partial charge in [0.05, 0.1) is 16.9 Å². The van der Waals surface area contributed by atoms with Crippen molar-refractivity contribution < 1.29 is 14.9 Å². The minimum Gasteiger partial charge on any atom is -0.311 e. The molecule has 0 unspecified atom stereocenters. The highest BCUT2D eigenvalue weighted by molar-refractivity contribution is 6.05. The highest BCUT2D eigenvalue weighted by Gasteiger charge is 2.13. The van der Waals surface area contributed by atoms with Gasteiger partial charge in [0.15, 0.2) is 0 Å². The summed E-state index contributed by atoms with van der Waals surface area (Å²) in [6, 6.07) is 29.6. The molecule has 0 heterocycles. The van der Waals surface area contributed by atoms with Gasteiger partial charge in [0, 0.05) is 18.3 Å². The molecular formula is C29H27N4O2+. The first-order valence-corrected chi connectivity index (χ1v) is 11.3. The Balaban J connectivity index is 1.37. The fourth-order valence-electron chi connectivity index (χ4n) is 3.46. The van der Waals surface area contributed by atoms with Gasteiger partial charge in [-0.2, -0.15) is 10.2 Å². The molecule has 0 aromatic heterocycles. The highest BCUT2D eigenvalue weighted by atomic mass is 16.2. The lowest BCUT2D eigenvalue weighted by Crippen LogP contribution is -2.82. The molecule has 0 fully saturated rings. The van der Waals surface area contributed by atoms with E-state index < -0.39 is 0 Å². The summed E-state index contributed by atoms with van der Waals surface area (Å²) in [5.74, 6) is -0.159. The van der Waals surface area contributed by atoms with Crippen LogP contribution in [0.4, 0.5) is 22.7 Å². The summed E-state index contributed by atoms with van der Waals surface area (Å²) in [6.07, 6.45) is 0. The molecule has 4 aromatic carbocycles. The predicted octanol–water partition coefficient (Wildman–Crippen LogP) is 6.03. The maximum absolute atomic E-state index is 12.8. The van der Waals surface area contributed by atoms with E-state index in [1.165, 1.54) is 0 Å². The number of nitrogens with zero attached hydrogens (tertiary/aromatic N) is 3. The topological polar surface area (TPSA) is 78.7 Å². The van der Waals surface area contributed by atoms with Crippen LogP contribution in [0.2, 0.25) is 0 Å². The van der Waals surface area contributed by atoms with Crippen molar-refractivity contribution in [2.24, 2.45) is 10.2 Å². The third-order valence-electron chi connectivity index (χ3n) is 5.65. The Morgan fingerprint density at radius 3 is 1.60 bits per heavy atom. The van der Waals surface area contributed by atoms with Crippen LogP contribution in [0.5, 0.6) is 0 Å². The van der Waals surface area contributed by atoms with Crippen molar-refractivity contribution in [2.75, 3.05) is 11.9 Å². The zero-order valence-corrected chi connectivity index (χ0v) is 20.0. The number of carbonyl (C=O) groups is 2. The van der Waals surface area contributed by atoms with Gasteiger partial charge in [-0.15, -0.1) is 0 Å². The Morgan fingerprint density at radius 2 is 1.09 bits per heavy atom. The first kappa shape index (κ1) is 23.7. The Morgan fingerprint density at radius 1 is 0.629 bits per heavy atom. The van der Waals surface area contributed by atoms with E-state index in [-0.39, 0.29) is 11.8 Å². The molecule has 4 rings (SSSR count). The number of carbonyl (C=O) groups excluding carboxylic acids is 2. The third kappa shape index (κ3) is 6.13. The number of quaternary nitrogens is 1. The first-order valence-electron chi connectivity index (χ1n) is 11.3. The van der Waals surface area contributed by atoms with Gasteiger partial charge < -0.3 is 4.90 Å². The maximum Gasteiger partial charge on any atom is 0.347 e. The average molecular weight is 464 g/mol. The van der Waals surface area contributed by atoms with Crippen LogP contribution in [0.3, 0.4) is 0 Å². The lowest BCUT2D eigenvalue weighted by molar-refractivity contribution is -0.464. The Kier molecular flexibility index (Phi) is 7.24. The van der Waals surface area contributed by atoms with Crippen molar-refractivity contribution in [2.45, 2.75) is 13.8 Å². The van der Waals surface area contributed by atoms with Crippen LogP contribution in [-0.4, -0.2) is 18.9 Å². The van der Waals surface area contributed by atoms with E-state index in [1.807, 2.05) is 62.4 Å². The van der Waals surface area contributed by atoms with E-state index in [9.17, 15) is 9.59 Å². The van der Waals surface area contributed by atoms with Crippen molar-refractivity contribution >= 4 is 34.6 Å². The van der Waals surface area contributed by atoms with Gasteiger partial charge >= 0.3 is 5.91 Å². The number of azo groups is 1. The number of primary amides is 1. The second kappa shape index (κ2) is 10.7. The summed E-state index contributed by atoms with van der Waals surface area (Å²) in [7, 11) is 1.76. The van der Waals surface area contributed by atoms with Gasteiger partial charge in [-0.1, -0.05) is 35.4 Å². The van der Waals surface area contributed by atoms with Gasteiger partial charge in [0.1, 0.15) is 5.69 Å². The molecule has 35 heavy (non-hydrogen) atoms. The smallest absolute Gasteiger partial charge is 0.311 e. The molecular weight excluding hydrogens is 436 g/mol. The van der Waals surface area contributed by atoms with E-state index in [2.05, 4.69) is 10.2 Å². The molecule has 2 amide bonds. The molecule has 6 nitrogen and oxygen atoms in total. The minimum atomic E-state index is -0.0972. The molecule has 174 valence electrons. The normalized spacial score (nSPS) is 10.9. The monoisotopic (exact) mass is 463 g/mol. The van der Waals surface area contributed by atoms with Crippen molar-refractivity contribution in [1.29, 1.82) is 0 Å². The van der Waals surface area contributed by atoms with Crippen LogP contribution in [0.1, 0.15) is 31.8 Å². The largest absolute Gasteiger partial charge is 0.347 e. The second-order valence-corrected chi connectivity index (χ2v) is 8.41. The summed E-state index contributed by atoms with van der Waals surface area (Å²) in [5, 5.41) is 10.1. The number of hydrogen-bond acceptors (Lipinski definition) is 4. The average Bonchev–Trinajstić information content (AvgIpc) is 2.89. The molecule has 0 aliphatic heterocycles. The van der Waals surface area contributed by atoms with Gasteiger partial charge in [0.25, 0.3) is 5.91 Å². The van der Waals surface area contributed by atoms with E-state index >= 15 is 0 Å². The Hall–Kier alpha value is -4.42. The third-order valence-corrected chi connectivity index (χ3v) is 5.65. The van der Waals surface area contributed by atoms with Crippen LogP contribution in [0, 0.1) is 13.8 Å². The van der Waals surface area contributed by atoms with Crippen LogP contribution in [0.15, 0.2) is 107 Å². The van der Waals surface area contributed by atoms with Gasteiger partial charge in [-0.05, 0) is 86.6 Å². The number of aryl methyl sites for hydroxylation is 2. The molecule has 0 saturated carbocycles. The highest BCUT2D eigenvalue weighted by Crippen LogP contribution is 2.21. The van der Waals surface area contributed by atoms with Crippen LogP contribution in [-0.2, 0) is 0 Å². The second-order valence-electron chi connectivity index (χ2n) is 8.41. The molecule has 2 N–H and O–H groups in total. The van der Waals surface area contributed by atoms with E-state index in [4.69, 9.17) is 0 Å². The fourth-order valence-corrected chi connectivity index (χ4v) is 3.46. The Bertz CT molecular complexity index is 1340. The quantitative estimate of drug-likeness (QED) is 0.280. The van der Waals surface area contributed by atoms with Crippen molar-refractivity contribution in [3.8, 4) is 0 Å². The fraction of sp³-hybridized carbons (Fsp3) is 0.103. The summed E-state index contributed by atoms with van der Waals surface area (Å²) in [5.41, 5.74) is 6.43. The SMILES string of the molecule is Cc1ccc([NH2+]C(=O)c2ccc(N=Nc3ccc(C(=O)N(C)c4ccc(C)cc4)cc3)cc2)cc1. The number of benzene rings is 4. The number of anilines is 1. The van der Waals surface area contributed by atoms with Crippen LogP contribution < -0.4 is 10.2 Å². The molecule has 0 spiro atoms. The van der Waals surface area contributed by atoms with E-state index in [0.717, 1.165) is 22.5 Å². The number of rotatable bonds is 6. The molecule has 0 radical (unpaired) electrons. The zero-order valence-electron chi connectivity index (χ0n) is 20.0. The van der Waals surface area contributed by atoms with Crippen molar-refractivity contribution in [3.05, 3.63) is 119 Å². The molecule has 0 atom stereocenters. The summed E-state index contributed by atoms with van der Waals surface area (Å²) in [4.78, 5) is 26.9. The van der Waals surface area contributed by atoms with E-state index in [1.54, 1.807) is 65.8 Å². The lowest BCUT2D eigenvalue weighted by atomic mass is 10.1. The van der Waals surface area contributed by atoms with Crippen LogP contribution in [0.25, 0.3) is 0 Å². The lowest BCUT2D eigenvalue weighted by Gasteiger charge is -2.17. The first-order chi connectivity index (χ1) is 16.9. The molecule has 0 saturated heterocycles. The summed E-state index contributed by atoms with van der Waals surface area (Å²) < 4.78 is 0. The molecule has 6 heteroatoms. The van der Waals surface area contributed by atoms with Gasteiger partial charge in [-0.3, -0.25) is 4.79 Å². The zero-order chi connectivity index (χ0) is 24.8. The van der Waals surface area contributed by atoms with Gasteiger partial charge in [-0.25, -0.2) is 10.1 Å². The summed E-state index contributed by atoms with van der Waals surface area (Å²) in [6.45, 7) is 4.02. The van der Waals surface area contributed by atoms with Crippen LogP contribution >= 0.6 is 0 Å². The molecule has 0 bridgehead atoms. The van der Waals surface area contributed by atoms with E-state index in [0.29, 0.717) is 22.5 Å². The minimum absolute atomic E-state index is 0.0618. The number of nitrogens with two attached hydrogens (primary N) is 1. The maximum atomic E-state index is 12.8. The standard InChI is InChI=1S/C29H26N4O2/c1-20-4-12-24(13-5-20)30-28(34)22-8-14-25(15-9-22)31-32-26-16-10-23(11-17-26)29(35)33(3)27-18-6-21(2)7-19-27/h4-19H,1-3H3,(H,30,34)/p+1. The van der Waals surface area contributed by atoms with Crippen molar-refractivity contribution in [1.82, 2.24) is 0 Å². The Labute approximate surface area is 205 Å². The molecule has 0 aliphatic rings. The predicted molar refractivity (Wildman–Crippen MR) is 138 cm³/mol. The number of amides is 2. The summed E-state index contributed by atoms with van der Waals surface area (Å²) >= 11 is 0.